The maximum Gasteiger partial charge on any atom is 0.258 e. The molecule has 26 heavy (non-hydrogen) atoms. The first kappa shape index (κ1) is 18.0. The molecule has 3 rings (SSSR count). The Kier molecular flexibility index (Phi) is 5.26. The molecular weight excluding hydrogens is 328 g/mol. The van der Waals surface area contributed by atoms with Crippen LogP contribution in [0.5, 0.6) is 11.5 Å². The van der Waals surface area contributed by atoms with E-state index in [2.05, 4.69) is 5.32 Å². The molecule has 2 aromatic carbocycles. The van der Waals surface area contributed by atoms with E-state index in [1.807, 2.05) is 56.3 Å². The van der Waals surface area contributed by atoms with Crippen LogP contribution in [0.25, 0.3) is 0 Å². The SMILES string of the molecule is CCNC(=O)C1(C)CCCN1C(=O)c1ccccc1Oc1ccccc1. The number of para-hydroxylation sites is 2. The summed E-state index contributed by atoms with van der Waals surface area (Å²) in [5.41, 5.74) is -0.360. The molecule has 0 aliphatic carbocycles. The number of carbonyl (C=O) groups excluding carboxylic acids is 2. The summed E-state index contributed by atoms with van der Waals surface area (Å²) in [5, 5.41) is 2.85. The number of nitrogens with one attached hydrogen (secondary N) is 1. The van der Waals surface area contributed by atoms with Crippen LogP contribution >= 0.6 is 0 Å². The highest BCUT2D eigenvalue weighted by Gasteiger charge is 2.46. The van der Waals surface area contributed by atoms with Gasteiger partial charge in [-0.2, -0.15) is 0 Å². The van der Waals surface area contributed by atoms with E-state index in [0.29, 0.717) is 36.6 Å². The van der Waals surface area contributed by atoms with Gasteiger partial charge in [0.25, 0.3) is 5.91 Å². The zero-order valence-electron chi connectivity index (χ0n) is 15.2. The van der Waals surface area contributed by atoms with Crippen molar-refractivity contribution in [3.8, 4) is 11.5 Å². The third-order valence-corrected chi connectivity index (χ3v) is 4.80. The average molecular weight is 352 g/mol. The van der Waals surface area contributed by atoms with E-state index in [-0.39, 0.29) is 11.8 Å². The zero-order valence-corrected chi connectivity index (χ0v) is 15.2. The number of likely N-dealkylation sites (tertiary alicyclic amines) is 1. The standard InChI is InChI=1S/C21H24N2O3/c1-3-22-20(25)21(2)14-9-15-23(21)19(24)17-12-7-8-13-18(17)26-16-10-5-4-6-11-16/h4-8,10-13H,3,9,14-15H2,1-2H3,(H,22,25). The lowest BCUT2D eigenvalue weighted by atomic mass is 9.96. The molecule has 5 heteroatoms. The lowest BCUT2D eigenvalue weighted by molar-refractivity contribution is -0.129. The van der Waals surface area contributed by atoms with Crippen molar-refractivity contribution in [1.82, 2.24) is 10.2 Å². The fourth-order valence-electron chi connectivity index (χ4n) is 3.37. The maximum atomic E-state index is 13.2. The van der Waals surface area contributed by atoms with Crippen LogP contribution in [0, 0.1) is 0 Å². The second-order valence-electron chi connectivity index (χ2n) is 6.60. The fourth-order valence-corrected chi connectivity index (χ4v) is 3.37. The van der Waals surface area contributed by atoms with Gasteiger partial charge in [0.2, 0.25) is 5.91 Å². The minimum absolute atomic E-state index is 0.104. The molecule has 5 nitrogen and oxygen atoms in total. The summed E-state index contributed by atoms with van der Waals surface area (Å²) in [6.45, 7) is 4.82. The predicted molar refractivity (Wildman–Crippen MR) is 100 cm³/mol. The molecule has 0 saturated carbocycles. The molecule has 1 saturated heterocycles. The van der Waals surface area contributed by atoms with Crippen molar-refractivity contribution in [1.29, 1.82) is 0 Å². The minimum atomic E-state index is -0.826. The lowest BCUT2D eigenvalue weighted by Gasteiger charge is -2.34. The Morgan fingerprint density at radius 1 is 1.12 bits per heavy atom. The van der Waals surface area contributed by atoms with Gasteiger partial charge in [0.15, 0.2) is 0 Å². The zero-order chi connectivity index (χ0) is 18.6. The second kappa shape index (κ2) is 7.60. The van der Waals surface area contributed by atoms with Gasteiger partial charge in [-0.25, -0.2) is 0 Å². The number of likely N-dealkylation sites (N-methyl/N-ethyl adjacent to an activating group) is 1. The van der Waals surface area contributed by atoms with Crippen LogP contribution in [0.3, 0.4) is 0 Å². The van der Waals surface area contributed by atoms with E-state index >= 15 is 0 Å². The first-order valence-electron chi connectivity index (χ1n) is 8.98. The highest BCUT2D eigenvalue weighted by molar-refractivity contribution is 6.01. The predicted octanol–water partition coefficient (Wildman–Crippen LogP) is 3.61. The van der Waals surface area contributed by atoms with Crippen LogP contribution in [0.1, 0.15) is 37.0 Å². The number of nitrogens with zero attached hydrogens (tertiary/aromatic N) is 1. The van der Waals surface area contributed by atoms with Crippen molar-refractivity contribution in [3.63, 3.8) is 0 Å². The topological polar surface area (TPSA) is 58.6 Å². The second-order valence-corrected chi connectivity index (χ2v) is 6.60. The van der Waals surface area contributed by atoms with Gasteiger partial charge in [0.1, 0.15) is 17.0 Å². The van der Waals surface area contributed by atoms with Crippen LogP contribution in [-0.4, -0.2) is 35.3 Å². The maximum absolute atomic E-state index is 13.2. The van der Waals surface area contributed by atoms with Crippen molar-refractivity contribution in [2.45, 2.75) is 32.2 Å². The summed E-state index contributed by atoms with van der Waals surface area (Å²) in [7, 11) is 0. The summed E-state index contributed by atoms with van der Waals surface area (Å²) < 4.78 is 5.92. The Labute approximate surface area is 154 Å². The van der Waals surface area contributed by atoms with Gasteiger partial charge in [0.05, 0.1) is 5.56 Å². The molecule has 136 valence electrons. The minimum Gasteiger partial charge on any atom is -0.457 e. The van der Waals surface area contributed by atoms with Crippen molar-refractivity contribution >= 4 is 11.8 Å². The summed E-state index contributed by atoms with van der Waals surface area (Å²) in [6, 6.07) is 16.5. The summed E-state index contributed by atoms with van der Waals surface area (Å²) in [5.74, 6) is 0.879. The Morgan fingerprint density at radius 2 is 1.81 bits per heavy atom. The Balaban J connectivity index is 1.89. The normalized spacial score (nSPS) is 19.2. The summed E-state index contributed by atoms with van der Waals surface area (Å²) in [6.07, 6.45) is 1.47. The number of carbonyl (C=O) groups is 2. The molecule has 0 spiro atoms. The van der Waals surface area contributed by atoms with Gasteiger partial charge < -0.3 is 15.0 Å². The average Bonchev–Trinajstić information content (AvgIpc) is 3.06. The van der Waals surface area contributed by atoms with Crippen molar-refractivity contribution in [3.05, 3.63) is 60.2 Å². The molecule has 1 unspecified atom stereocenters. The number of hydrogen-bond acceptors (Lipinski definition) is 3. The monoisotopic (exact) mass is 352 g/mol. The van der Waals surface area contributed by atoms with Crippen LogP contribution in [0.15, 0.2) is 54.6 Å². The van der Waals surface area contributed by atoms with E-state index in [1.165, 1.54) is 0 Å². The highest BCUT2D eigenvalue weighted by Crippen LogP contribution is 2.33. The molecule has 1 fully saturated rings. The van der Waals surface area contributed by atoms with E-state index in [0.717, 1.165) is 6.42 Å². The van der Waals surface area contributed by atoms with Crippen LogP contribution in [0.4, 0.5) is 0 Å². The van der Waals surface area contributed by atoms with Crippen LogP contribution in [-0.2, 0) is 4.79 Å². The molecule has 1 aliphatic rings. The Hall–Kier alpha value is -2.82. The third-order valence-electron chi connectivity index (χ3n) is 4.80. The molecule has 0 radical (unpaired) electrons. The van der Waals surface area contributed by atoms with Gasteiger partial charge in [-0.15, -0.1) is 0 Å². The first-order valence-corrected chi connectivity index (χ1v) is 8.98. The quantitative estimate of drug-likeness (QED) is 0.894. The number of amides is 2. The first-order chi connectivity index (χ1) is 12.6. The van der Waals surface area contributed by atoms with Crippen LogP contribution < -0.4 is 10.1 Å². The molecule has 2 aromatic rings. The molecule has 2 amide bonds. The van der Waals surface area contributed by atoms with Gasteiger partial charge in [-0.05, 0) is 51.0 Å². The van der Waals surface area contributed by atoms with Gasteiger partial charge in [0, 0.05) is 13.1 Å². The van der Waals surface area contributed by atoms with E-state index in [9.17, 15) is 9.59 Å². The van der Waals surface area contributed by atoms with Crippen LogP contribution in [0.2, 0.25) is 0 Å². The van der Waals surface area contributed by atoms with Gasteiger partial charge in [-0.3, -0.25) is 9.59 Å². The Morgan fingerprint density at radius 3 is 2.54 bits per heavy atom. The molecular formula is C21H24N2O3. The largest absolute Gasteiger partial charge is 0.457 e. The number of hydrogen-bond donors (Lipinski definition) is 1. The molecule has 1 atom stereocenters. The summed E-state index contributed by atoms with van der Waals surface area (Å²) in [4.78, 5) is 27.5. The van der Waals surface area contributed by atoms with Gasteiger partial charge >= 0.3 is 0 Å². The smallest absolute Gasteiger partial charge is 0.258 e. The van der Waals surface area contributed by atoms with Crippen molar-refractivity contribution in [2.75, 3.05) is 13.1 Å². The third kappa shape index (κ3) is 3.43. The van der Waals surface area contributed by atoms with Crippen molar-refractivity contribution < 1.29 is 14.3 Å². The summed E-state index contributed by atoms with van der Waals surface area (Å²) >= 11 is 0. The van der Waals surface area contributed by atoms with E-state index < -0.39 is 5.54 Å². The Bertz CT molecular complexity index is 791. The van der Waals surface area contributed by atoms with E-state index in [4.69, 9.17) is 4.74 Å². The number of benzene rings is 2. The van der Waals surface area contributed by atoms with Crippen molar-refractivity contribution in [2.24, 2.45) is 0 Å². The fraction of sp³-hybridized carbons (Fsp3) is 0.333. The molecule has 0 aromatic heterocycles. The molecule has 1 N–H and O–H groups in total. The number of ether oxygens (including phenoxy) is 1. The van der Waals surface area contributed by atoms with E-state index in [1.54, 1.807) is 17.0 Å². The highest BCUT2D eigenvalue weighted by atomic mass is 16.5. The molecule has 1 aliphatic heterocycles. The lowest BCUT2D eigenvalue weighted by Crippen LogP contribution is -2.55. The molecule has 1 heterocycles. The van der Waals surface area contributed by atoms with Gasteiger partial charge in [-0.1, -0.05) is 30.3 Å². The number of rotatable bonds is 5. The molecule has 0 bridgehead atoms.